The van der Waals surface area contributed by atoms with Crippen LogP contribution in [0.2, 0.25) is 0 Å². The van der Waals surface area contributed by atoms with Crippen LogP contribution in [0.1, 0.15) is 50.4 Å². The van der Waals surface area contributed by atoms with Crippen LogP contribution in [0.5, 0.6) is 0 Å². The number of hydrogen-bond donors (Lipinski definition) is 0. The summed E-state index contributed by atoms with van der Waals surface area (Å²) in [6.45, 7) is 9.01. The molecule has 1 aromatic rings. The quantitative estimate of drug-likeness (QED) is 0.709. The van der Waals surface area contributed by atoms with Crippen molar-refractivity contribution in [1.29, 1.82) is 0 Å². The lowest BCUT2D eigenvalue weighted by Gasteiger charge is -2.09. The van der Waals surface area contributed by atoms with E-state index in [2.05, 4.69) is 44.8 Å². The Morgan fingerprint density at radius 2 is 1.87 bits per heavy atom. The summed E-state index contributed by atoms with van der Waals surface area (Å²) in [5.74, 6) is 1.23. The summed E-state index contributed by atoms with van der Waals surface area (Å²) in [6.07, 6.45) is 5.35. The Morgan fingerprint density at radius 1 is 1.13 bits per heavy atom. The van der Waals surface area contributed by atoms with Gasteiger partial charge in [0.1, 0.15) is 0 Å². The van der Waals surface area contributed by atoms with E-state index in [0.717, 1.165) is 6.42 Å². The molecule has 0 radical (unpaired) electrons. The van der Waals surface area contributed by atoms with Gasteiger partial charge >= 0.3 is 0 Å². The molecule has 2 rings (SSSR count). The molecule has 0 unspecified atom stereocenters. The number of aromatic nitrogens is 1. The lowest BCUT2D eigenvalue weighted by Crippen LogP contribution is -1.97. The van der Waals surface area contributed by atoms with E-state index in [4.69, 9.17) is 0 Å². The molecule has 1 heterocycles. The highest BCUT2D eigenvalue weighted by molar-refractivity contribution is 5.65. The van der Waals surface area contributed by atoms with Crippen LogP contribution in [-0.4, -0.2) is 4.98 Å². The van der Waals surface area contributed by atoms with Gasteiger partial charge in [-0.15, -0.1) is 0 Å². The van der Waals surface area contributed by atoms with Gasteiger partial charge in [0, 0.05) is 12.6 Å². The van der Waals surface area contributed by atoms with Crippen LogP contribution in [0.25, 0.3) is 6.08 Å². The van der Waals surface area contributed by atoms with Gasteiger partial charge in [-0.25, -0.2) is 0 Å². The molecule has 0 bridgehead atoms. The van der Waals surface area contributed by atoms with Crippen molar-refractivity contribution in [3.8, 4) is 0 Å². The van der Waals surface area contributed by atoms with Gasteiger partial charge < -0.3 is 0 Å². The molecule has 1 aliphatic carbocycles. The second-order valence-corrected chi connectivity index (χ2v) is 4.97. The lowest BCUT2D eigenvalue weighted by atomic mass is 9.98. The molecule has 1 nitrogen and oxygen atoms in total. The second kappa shape index (κ2) is 3.80. The Kier molecular flexibility index (Phi) is 2.64. The van der Waals surface area contributed by atoms with Crippen molar-refractivity contribution in [2.75, 3.05) is 0 Å². The lowest BCUT2D eigenvalue weighted by molar-refractivity contribution is 0.749. The predicted octanol–water partition coefficient (Wildman–Crippen LogP) is 3.80. The molecule has 0 aliphatic heterocycles. The zero-order valence-electron chi connectivity index (χ0n) is 10.0. The number of allylic oxidation sites excluding steroid dienone is 1. The third kappa shape index (κ3) is 1.83. The Morgan fingerprint density at radius 3 is 2.47 bits per heavy atom. The predicted molar refractivity (Wildman–Crippen MR) is 64.8 cm³/mol. The van der Waals surface area contributed by atoms with E-state index in [-0.39, 0.29) is 0 Å². The van der Waals surface area contributed by atoms with Crippen LogP contribution in [-0.2, 0) is 6.42 Å². The van der Waals surface area contributed by atoms with Gasteiger partial charge in [-0.2, -0.15) is 0 Å². The molecule has 0 N–H and O–H groups in total. The Balaban J connectivity index is 2.45. The van der Waals surface area contributed by atoms with Crippen molar-refractivity contribution >= 4 is 6.08 Å². The van der Waals surface area contributed by atoms with Gasteiger partial charge in [0.25, 0.3) is 0 Å². The molecule has 1 aromatic heterocycles. The fourth-order valence-electron chi connectivity index (χ4n) is 2.15. The smallest absolute Gasteiger partial charge is 0.0519 e. The highest BCUT2D eigenvalue weighted by atomic mass is 14.7. The summed E-state index contributed by atoms with van der Waals surface area (Å²) in [6, 6.07) is 2.16. The molecule has 0 amide bonds. The molecule has 80 valence electrons. The van der Waals surface area contributed by atoms with E-state index in [1.165, 1.54) is 22.4 Å². The van der Waals surface area contributed by atoms with Crippen molar-refractivity contribution < 1.29 is 0 Å². The molecule has 0 atom stereocenters. The first-order valence-electron chi connectivity index (χ1n) is 5.78. The van der Waals surface area contributed by atoms with Gasteiger partial charge in [-0.1, -0.05) is 39.3 Å². The highest BCUT2D eigenvalue weighted by Gasteiger charge is 2.19. The molecule has 1 heteroatoms. The van der Waals surface area contributed by atoms with Crippen molar-refractivity contribution in [3.05, 3.63) is 34.7 Å². The average Bonchev–Trinajstić information content (AvgIpc) is 2.60. The fraction of sp³-hybridized carbons (Fsp3) is 0.500. The molecule has 0 aromatic carbocycles. The molecule has 1 aliphatic rings. The maximum atomic E-state index is 4.48. The third-order valence-electron chi connectivity index (χ3n) is 3.17. The van der Waals surface area contributed by atoms with Crippen LogP contribution >= 0.6 is 0 Å². The molecule has 15 heavy (non-hydrogen) atoms. The zero-order chi connectivity index (χ0) is 11.0. The zero-order valence-corrected chi connectivity index (χ0v) is 10.0. The number of nitrogens with zero attached hydrogens (tertiary/aromatic N) is 1. The fourth-order valence-corrected chi connectivity index (χ4v) is 2.15. The monoisotopic (exact) mass is 201 g/mol. The summed E-state index contributed by atoms with van der Waals surface area (Å²) in [5, 5.41) is 0. The first-order chi connectivity index (χ1) is 7.09. The summed E-state index contributed by atoms with van der Waals surface area (Å²) in [5.41, 5.74) is 5.61. The summed E-state index contributed by atoms with van der Waals surface area (Å²) < 4.78 is 0. The van der Waals surface area contributed by atoms with Crippen LogP contribution < -0.4 is 0 Å². The standard InChI is InChI=1S/C14H19N/c1-9(2)11-7-13-12(10(3)4)5-6-15-14(13)8-11/h5-7,9-10H,8H2,1-4H3. The number of pyridine rings is 1. The normalized spacial score (nSPS) is 14.7. The van der Waals surface area contributed by atoms with Gasteiger partial charge in [-0.3, -0.25) is 4.98 Å². The summed E-state index contributed by atoms with van der Waals surface area (Å²) in [4.78, 5) is 4.48. The second-order valence-electron chi connectivity index (χ2n) is 4.97. The topological polar surface area (TPSA) is 12.9 Å². The van der Waals surface area contributed by atoms with E-state index in [0.29, 0.717) is 11.8 Å². The van der Waals surface area contributed by atoms with Gasteiger partial charge in [0.15, 0.2) is 0 Å². The SMILES string of the molecule is CC(C)C1=Cc2c(C(C)C)ccnc2C1. The van der Waals surface area contributed by atoms with Gasteiger partial charge in [-0.05, 0) is 29.0 Å². The largest absolute Gasteiger partial charge is 0.260 e. The Bertz CT molecular complexity index is 400. The van der Waals surface area contributed by atoms with E-state index in [1.807, 2.05) is 6.20 Å². The van der Waals surface area contributed by atoms with Crippen molar-refractivity contribution in [3.63, 3.8) is 0 Å². The Hall–Kier alpha value is -1.11. The number of hydrogen-bond acceptors (Lipinski definition) is 1. The molecule has 0 saturated heterocycles. The maximum absolute atomic E-state index is 4.48. The molecular weight excluding hydrogens is 182 g/mol. The van der Waals surface area contributed by atoms with E-state index >= 15 is 0 Å². The van der Waals surface area contributed by atoms with Gasteiger partial charge in [0.2, 0.25) is 0 Å². The molecule has 0 spiro atoms. The van der Waals surface area contributed by atoms with E-state index < -0.39 is 0 Å². The summed E-state index contributed by atoms with van der Waals surface area (Å²) in [7, 11) is 0. The highest BCUT2D eigenvalue weighted by Crippen LogP contribution is 2.32. The van der Waals surface area contributed by atoms with Crippen LogP contribution in [0.4, 0.5) is 0 Å². The molecular formula is C14H19N. The average molecular weight is 201 g/mol. The molecule has 0 saturated carbocycles. The molecule has 0 fully saturated rings. The van der Waals surface area contributed by atoms with E-state index in [1.54, 1.807) is 0 Å². The number of fused-ring (bicyclic) bond motifs is 1. The minimum atomic E-state index is 0.588. The third-order valence-corrected chi connectivity index (χ3v) is 3.17. The van der Waals surface area contributed by atoms with Gasteiger partial charge in [0.05, 0.1) is 5.69 Å². The van der Waals surface area contributed by atoms with Crippen molar-refractivity contribution in [2.45, 2.75) is 40.0 Å². The van der Waals surface area contributed by atoms with Crippen molar-refractivity contribution in [2.24, 2.45) is 5.92 Å². The van der Waals surface area contributed by atoms with Crippen LogP contribution in [0.3, 0.4) is 0 Å². The maximum Gasteiger partial charge on any atom is 0.0519 e. The van der Waals surface area contributed by atoms with Crippen molar-refractivity contribution in [1.82, 2.24) is 4.98 Å². The summed E-state index contributed by atoms with van der Waals surface area (Å²) >= 11 is 0. The Labute approximate surface area is 92.2 Å². The van der Waals surface area contributed by atoms with Crippen LogP contribution in [0.15, 0.2) is 17.8 Å². The first kappa shape index (κ1) is 10.4. The minimum absolute atomic E-state index is 0.588. The van der Waals surface area contributed by atoms with Crippen LogP contribution in [0, 0.1) is 5.92 Å². The first-order valence-corrected chi connectivity index (χ1v) is 5.78. The van der Waals surface area contributed by atoms with E-state index in [9.17, 15) is 0 Å². The number of rotatable bonds is 2. The minimum Gasteiger partial charge on any atom is -0.260 e.